The van der Waals surface area contributed by atoms with Crippen LogP contribution in [0.5, 0.6) is 0 Å². The zero-order chi connectivity index (χ0) is 14.8. The van der Waals surface area contributed by atoms with Gasteiger partial charge in [-0.15, -0.1) is 0 Å². The lowest BCUT2D eigenvalue weighted by Gasteiger charge is -2.31. The first kappa shape index (κ1) is 15.4. The van der Waals surface area contributed by atoms with Gasteiger partial charge in [0.1, 0.15) is 0 Å². The molecule has 2 unspecified atom stereocenters. The van der Waals surface area contributed by atoms with Gasteiger partial charge in [0, 0.05) is 6.04 Å². The molecule has 1 saturated heterocycles. The molecule has 1 N–H and O–H groups in total. The van der Waals surface area contributed by atoms with Gasteiger partial charge in [-0.3, -0.25) is 0 Å². The van der Waals surface area contributed by atoms with Crippen molar-refractivity contribution < 1.29 is 13.2 Å². The van der Waals surface area contributed by atoms with Gasteiger partial charge in [-0.2, -0.15) is 13.2 Å². The fourth-order valence-electron chi connectivity index (χ4n) is 2.78. The smallest absolute Gasteiger partial charge is 0.314 e. The molecule has 0 amide bonds. The van der Waals surface area contributed by atoms with E-state index in [1.807, 2.05) is 12.1 Å². The summed E-state index contributed by atoms with van der Waals surface area (Å²) in [6, 6.07) is 8.15. The Bertz CT molecular complexity index is 422. The fourth-order valence-corrected chi connectivity index (χ4v) is 2.78. The highest BCUT2D eigenvalue weighted by Gasteiger charge is 2.41. The van der Waals surface area contributed by atoms with E-state index in [2.05, 4.69) is 31.3 Å². The zero-order valence-electron chi connectivity index (χ0n) is 12.0. The van der Waals surface area contributed by atoms with Crippen molar-refractivity contribution in [2.75, 3.05) is 6.54 Å². The maximum Gasteiger partial charge on any atom is 0.391 e. The van der Waals surface area contributed by atoms with Crippen LogP contribution in [0, 0.1) is 5.92 Å². The second-order valence-corrected chi connectivity index (χ2v) is 6.01. The highest BCUT2D eigenvalue weighted by Crippen LogP contribution is 2.34. The van der Waals surface area contributed by atoms with Crippen molar-refractivity contribution in [2.24, 2.45) is 5.92 Å². The molecule has 0 aromatic heterocycles. The van der Waals surface area contributed by atoms with Crippen LogP contribution in [0.25, 0.3) is 0 Å². The van der Waals surface area contributed by atoms with Gasteiger partial charge in [0.15, 0.2) is 0 Å². The molecular weight excluding hydrogens is 263 g/mol. The van der Waals surface area contributed by atoms with Gasteiger partial charge in [-0.25, -0.2) is 0 Å². The van der Waals surface area contributed by atoms with E-state index in [4.69, 9.17) is 0 Å². The summed E-state index contributed by atoms with van der Waals surface area (Å²) in [6.45, 7) is 4.72. The van der Waals surface area contributed by atoms with E-state index in [0.717, 1.165) is 5.56 Å². The van der Waals surface area contributed by atoms with Crippen molar-refractivity contribution in [1.29, 1.82) is 0 Å². The first-order valence-electron chi connectivity index (χ1n) is 7.25. The second kappa shape index (κ2) is 6.17. The van der Waals surface area contributed by atoms with Crippen molar-refractivity contribution in [3.63, 3.8) is 0 Å². The minimum atomic E-state index is -4.05. The first-order chi connectivity index (χ1) is 9.36. The molecule has 1 heterocycles. The van der Waals surface area contributed by atoms with Crippen LogP contribution in [0.3, 0.4) is 0 Å². The van der Waals surface area contributed by atoms with Crippen LogP contribution in [0.15, 0.2) is 24.3 Å². The van der Waals surface area contributed by atoms with E-state index in [-0.39, 0.29) is 18.9 Å². The Hall–Kier alpha value is -1.03. The van der Waals surface area contributed by atoms with Gasteiger partial charge < -0.3 is 5.32 Å². The van der Waals surface area contributed by atoms with Crippen LogP contribution in [-0.4, -0.2) is 18.8 Å². The average molecular weight is 285 g/mol. The first-order valence-corrected chi connectivity index (χ1v) is 7.25. The Morgan fingerprint density at radius 2 is 1.85 bits per heavy atom. The van der Waals surface area contributed by atoms with Crippen molar-refractivity contribution in [1.82, 2.24) is 5.32 Å². The third kappa shape index (κ3) is 3.98. The highest BCUT2D eigenvalue weighted by molar-refractivity contribution is 5.25. The maximum atomic E-state index is 12.8. The average Bonchev–Trinajstić information content (AvgIpc) is 2.38. The fraction of sp³-hybridized carbons (Fsp3) is 0.625. The van der Waals surface area contributed by atoms with E-state index in [0.29, 0.717) is 18.9 Å². The molecule has 0 saturated carbocycles. The number of hydrogen-bond acceptors (Lipinski definition) is 1. The van der Waals surface area contributed by atoms with Crippen LogP contribution >= 0.6 is 0 Å². The van der Waals surface area contributed by atoms with Gasteiger partial charge in [0.25, 0.3) is 0 Å². The summed E-state index contributed by atoms with van der Waals surface area (Å²) in [5.41, 5.74) is 2.37. The number of benzene rings is 1. The molecule has 0 bridgehead atoms. The Labute approximate surface area is 118 Å². The largest absolute Gasteiger partial charge is 0.391 e. The van der Waals surface area contributed by atoms with Crippen molar-refractivity contribution in [3.8, 4) is 0 Å². The molecular formula is C16H22F3N. The molecule has 112 valence electrons. The molecule has 4 heteroatoms. The molecule has 20 heavy (non-hydrogen) atoms. The van der Waals surface area contributed by atoms with Gasteiger partial charge in [-0.1, -0.05) is 38.1 Å². The van der Waals surface area contributed by atoms with Gasteiger partial charge in [0.2, 0.25) is 0 Å². The highest BCUT2D eigenvalue weighted by atomic mass is 19.4. The monoisotopic (exact) mass is 285 g/mol. The molecule has 1 nitrogen and oxygen atoms in total. The molecule has 0 aliphatic carbocycles. The lowest BCUT2D eigenvalue weighted by Crippen LogP contribution is -2.43. The normalized spacial score (nSPS) is 24.1. The van der Waals surface area contributed by atoms with Crippen molar-refractivity contribution >= 4 is 0 Å². The molecule has 1 aromatic carbocycles. The standard InChI is InChI=1S/C16H22F3N/c1-11(2)13-5-3-12(4-6-13)9-15-10-14(7-8-20-15)16(17,18)19/h3-6,11,14-15,20H,7-10H2,1-2H3. The summed E-state index contributed by atoms with van der Waals surface area (Å²) in [5, 5.41) is 3.21. The van der Waals surface area contributed by atoms with E-state index in [1.54, 1.807) is 0 Å². The molecule has 0 radical (unpaired) electrons. The quantitative estimate of drug-likeness (QED) is 0.874. The Balaban J connectivity index is 1.96. The summed E-state index contributed by atoms with van der Waals surface area (Å²) >= 11 is 0. The van der Waals surface area contributed by atoms with Crippen LogP contribution in [-0.2, 0) is 6.42 Å². The zero-order valence-corrected chi connectivity index (χ0v) is 12.0. The number of nitrogens with one attached hydrogen (secondary N) is 1. The van der Waals surface area contributed by atoms with Gasteiger partial charge in [-0.05, 0) is 42.9 Å². The van der Waals surface area contributed by atoms with E-state index in [9.17, 15) is 13.2 Å². The van der Waals surface area contributed by atoms with Crippen LogP contribution in [0.4, 0.5) is 13.2 Å². The predicted octanol–water partition coefficient (Wildman–Crippen LogP) is 4.28. The topological polar surface area (TPSA) is 12.0 Å². The minimum absolute atomic E-state index is 0.0692. The summed E-state index contributed by atoms with van der Waals surface area (Å²) in [6.07, 6.45) is -2.99. The Kier molecular flexibility index (Phi) is 4.74. The SMILES string of the molecule is CC(C)c1ccc(CC2CC(C(F)(F)F)CCN2)cc1. The third-order valence-corrected chi connectivity index (χ3v) is 4.09. The van der Waals surface area contributed by atoms with Crippen LogP contribution in [0.1, 0.15) is 43.7 Å². The van der Waals surface area contributed by atoms with E-state index >= 15 is 0 Å². The molecule has 0 spiro atoms. The predicted molar refractivity (Wildman–Crippen MR) is 74.8 cm³/mol. The van der Waals surface area contributed by atoms with Crippen molar-refractivity contribution in [3.05, 3.63) is 35.4 Å². The number of rotatable bonds is 3. The van der Waals surface area contributed by atoms with Gasteiger partial charge >= 0.3 is 6.18 Å². The minimum Gasteiger partial charge on any atom is -0.314 e. The lowest BCUT2D eigenvalue weighted by atomic mass is 9.88. The number of halogens is 3. The summed E-state index contributed by atoms with van der Waals surface area (Å²) in [5.74, 6) is -0.671. The second-order valence-electron chi connectivity index (χ2n) is 6.01. The van der Waals surface area contributed by atoms with E-state index < -0.39 is 12.1 Å². The van der Waals surface area contributed by atoms with Crippen molar-refractivity contribution in [2.45, 2.75) is 51.2 Å². The Morgan fingerprint density at radius 1 is 1.20 bits per heavy atom. The molecule has 2 atom stereocenters. The maximum absolute atomic E-state index is 12.8. The molecule has 1 fully saturated rings. The summed E-state index contributed by atoms with van der Waals surface area (Å²) < 4.78 is 38.3. The number of alkyl halides is 3. The number of hydrogen-bond donors (Lipinski definition) is 1. The van der Waals surface area contributed by atoms with E-state index in [1.165, 1.54) is 5.56 Å². The van der Waals surface area contributed by atoms with Gasteiger partial charge in [0.05, 0.1) is 5.92 Å². The van der Waals surface area contributed by atoms with Crippen LogP contribution in [0.2, 0.25) is 0 Å². The molecule has 1 aromatic rings. The molecule has 1 aliphatic heterocycles. The summed E-state index contributed by atoms with van der Waals surface area (Å²) in [4.78, 5) is 0. The summed E-state index contributed by atoms with van der Waals surface area (Å²) in [7, 11) is 0. The Morgan fingerprint density at radius 3 is 2.40 bits per heavy atom. The number of piperidine rings is 1. The molecule has 1 aliphatic rings. The lowest BCUT2D eigenvalue weighted by molar-refractivity contribution is -0.183. The third-order valence-electron chi connectivity index (χ3n) is 4.09. The molecule has 2 rings (SSSR count). The van der Waals surface area contributed by atoms with Crippen LogP contribution < -0.4 is 5.32 Å².